The van der Waals surface area contributed by atoms with E-state index < -0.39 is 0 Å². The van der Waals surface area contributed by atoms with Crippen molar-refractivity contribution < 1.29 is 19.5 Å². The van der Waals surface area contributed by atoms with E-state index in [1.54, 1.807) is 13.1 Å². The van der Waals surface area contributed by atoms with Crippen LogP contribution in [-0.4, -0.2) is 52.4 Å². The highest BCUT2D eigenvalue weighted by molar-refractivity contribution is 5.95. The summed E-state index contributed by atoms with van der Waals surface area (Å²) in [5, 5.41) is 10.5. The molecule has 2 amide bonds. The summed E-state index contributed by atoms with van der Waals surface area (Å²) in [6.45, 7) is 5.15. The van der Waals surface area contributed by atoms with E-state index in [0.717, 1.165) is 66.1 Å². The van der Waals surface area contributed by atoms with Crippen molar-refractivity contribution in [3.05, 3.63) is 78.0 Å². The molecule has 3 heterocycles. The van der Waals surface area contributed by atoms with E-state index in [0.29, 0.717) is 0 Å². The molecule has 0 spiro atoms. The molecule has 1 saturated heterocycles. The number of amides is 2. The van der Waals surface area contributed by atoms with Crippen molar-refractivity contribution in [3.8, 4) is 11.1 Å². The van der Waals surface area contributed by atoms with Crippen LogP contribution in [0.4, 0.5) is 11.5 Å². The van der Waals surface area contributed by atoms with Gasteiger partial charge in [-0.25, -0.2) is 4.98 Å². The third kappa shape index (κ3) is 5.80. The lowest BCUT2D eigenvalue weighted by molar-refractivity contribution is -0.123. The maximum Gasteiger partial charge on any atom is 0.290 e. The van der Waals surface area contributed by atoms with Gasteiger partial charge in [0.15, 0.2) is 0 Å². The molecular weight excluding hydrogens is 468 g/mol. The average Bonchev–Trinajstić information content (AvgIpc) is 3.44. The molecule has 1 aromatic heterocycles. The lowest BCUT2D eigenvalue weighted by atomic mass is 9.89. The van der Waals surface area contributed by atoms with Gasteiger partial charge in [-0.15, -0.1) is 0 Å². The Kier molecular flexibility index (Phi) is 8.18. The van der Waals surface area contributed by atoms with Gasteiger partial charge in [0, 0.05) is 43.5 Å². The molecule has 37 heavy (non-hydrogen) atoms. The van der Waals surface area contributed by atoms with Gasteiger partial charge < -0.3 is 20.2 Å². The van der Waals surface area contributed by atoms with Crippen molar-refractivity contribution in [3.63, 3.8) is 0 Å². The highest BCUT2D eigenvalue weighted by Crippen LogP contribution is 2.41. The Morgan fingerprint density at radius 1 is 1.03 bits per heavy atom. The summed E-state index contributed by atoms with van der Waals surface area (Å²) >= 11 is 0. The quantitative estimate of drug-likeness (QED) is 0.490. The summed E-state index contributed by atoms with van der Waals surface area (Å²) < 4.78 is 0. The number of nitrogens with zero attached hydrogens (tertiary/aromatic N) is 3. The molecule has 0 saturated carbocycles. The van der Waals surface area contributed by atoms with E-state index in [-0.39, 0.29) is 30.4 Å². The minimum absolute atomic E-state index is 0.0338. The third-order valence-corrected chi connectivity index (χ3v) is 6.86. The zero-order valence-electron chi connectivity index (χ0n) is 21.1. The summed E-state index contributed by atoms with van der Waals surface area (Å²) in [7, 11) is 0. The second-order valence-electron chi connectivity index (χ2n) is 9.34. The SMILES string of the molecule is CC(=O)N1c2ccc(-c3ccc(C(=O)N4CCCC4)cc3)cc2[C@H](Nc2ccccn2)C[C@@H]1C.O=CO. The van der Waals surface area contributed by atoms with Gasteiger partial charge in [0.25, 0.3) is 12.4 Å². The molecule has 3 aromatic rings. The number of hydrogen-bond donors (Lipinski definition) is 2. The van der Waals surface area contributed by atoms with Crippen LogP contribution in [0.25, 0.3) is 11.1 Å². The van der Waals surface area contributed by atoms with E-state index >= 15 is 0 Å². The summed E-state index contributed by atoms with van der Waals surface area (Å²) in [5.41, 5.74) is 4.85. The minimum atomic E-state index is -0.250. The van der Waals surface area contributed by atoms with E-state index in [4.69, 9.17) is 9.90 Å². The number of carbonyl (C=O) groups is 3. The number of aromatic nitrogens is 1. The van der Waals surface area contributed by atoms with Gasteiger partial charge in [-0.2, -0.15) is 0 Å². The van der Waals surface area contributed by atoms with E-state index in [1.165, 1.54) is 0 Å². The van der Waals surface area contributed by atoms with Gasteiger partial charge in [-0.05, 0) is 79.3 Å². The highest BCUT2D eigenvalue weighted by Gasteiger charge is 2.33. The lowest BCUT2D eigenvalue weighted by Gasteiger charge is -2.39. The smallest absolute Gasteiger partial charge is 0.290 e. The maximum absolute atomic E-state index is 12.7. The standard InChI is InChI=1S/C28H30N4O2.CH2O2/c1-19-17-25(30-27-7-3-4-14-29-27)24-18-23(12-13-26(24)32(19)20(2)33)21-8-10-22(11-9-21)28(34)31-15-5-6-16-31;2-1-3/h3-4,7-14,18-19,25H,5-6,15-17H2,1-2H3,(H,29,30);1H,(H,2,3)/t19-,25+;/m0./s1. The molecular formula is C29H32N4O4. The van der Waals surface area contributed by atoms with Crippen molar-refractivity contribution in [1.29, 1.82) is 0 Å². The van der Waals surface area contributed by atoms with Crippen LogP contribution in [-0.2, 0) is 9.59 Å². The molecule has 2 aromatic carbocycles. The molecule has 2 N–H and O–H groups in total. The Labute approximate surface area is 216 Å². The van der Waals surface area contributed by atoms with Crippen LogP contribution in [0.2, 0.25) is 0 Å². The fourth-order valence-corrected chi connectivity index (χ4v) is 5.19. The molecule has 2 atom stereocenters. The molecule has 0 radical (unpaired) electrons. The van der Waals surface area contributed by atoms with E-state index in [1.807, 2.05) is 58.3 Å². The number of likely N-dealkylation sites (tertiary alicyclic amines) is 1. The van der Waals surface area contributed by atoms with E-state index in [2.05, 4.69) is 29.4 Å². The van der Waals surface area contributed by atoms with Crippen LogP contribution in [0, 0.1) is 0 Å². The van der Waals surface area contributed by atoms with Crippen LogP contribution in [0.5, 0.6) is 0 Å². The normalized spacial score (nSPS) is 18.3. The number of hydrogen-bond acceptors (Lipinski definition) is 5. The number of pyridine rings is 1. The fraction of sp³-hybridized carbons (Fsp3) is 0.310. The highest BCUT2D eigenvalue weighted by atomic mass is 16.3. The fourth-order valence-electron chi connectivity index (χ4n) is 5.19. The average molecular weight is 501 g/mol. The molecule has 2 aliphatic rings. The van der Waals surface area contributed by atoms with Gasteiger partial charge in [-0.3, -0.25) is 14.4 Å². The molecule has 2 aliphatic heterocycles. The number of anilines is 2. The van der Waals surface area contributed by atoms with Gasteiger partial charge >= 0.3 is 0 Å². The zero-order chi connectivity index (χ0) is 26.4. The number of carboxylic acid groups (broad SMARTS) is 1. The van der Waals surface area contributed by atoms with Crippen molar-refractivity contribution >= 4 is 29.8 Å². The predicted molar refractivity (Wildman–Crippen MR) is 144 cm³/mol. The first-order chi connectivity index (χ1) is 17.9. The summed E-state index contributed by atoms with van der Waals surface area (Å²) in [6.07, 6.45) is 4.74. The number of carbonyl (C=O) groups excluding carboxylic acids is 2. The van der Waals surface area contributed by atoms with Crippen LogP contribution in [0.1, 0.15) is 55.1 Å². The van der Waals surface area contributed by atoms with Crippen molar-refractivity contribution in [2.75, 3.05) is 23.3 Å². The van der Waals surface area contributed by atoms with Gasteiger partial charge in [0.1, 0.15) is 5.82 Å². The van der Waals surface area contributed by atoms with Gasteiger partial charge in [0.05, 0.1) is 6.04 Å². The molecule has 1 fully saturated rings. The monoisotopic (exact) mass is 500 g/mol. The first-order valence-electron chi connectivity index (χ1n) is 12.5. The van der Waals surface area contributed by atoms with Gasteiger partial charge in [-0.1, -0.05) is 24.3 Å². The Balaban J connectivity index is 0.00000102. The van der Waals surface area contributed by atoms with Crippen LogP contribution in [0.15, 0.2) is 66.9 Å². The van der Waals surface area contributed by atoms with Gasteiger partial charge in [0.2, 0.25) is 5.91 Å². The maximum atomic E-state index is 12.7. The first-order valence-corrected chi connectivity index (χ1v) is 12.5. The molecule has 0 unspecified atom stereocenters. The molecule has 192 valence electrons. The third-order valence-electron chi connectivity index (χ3n) is 6.86. The number of fused-ring (bicyclic) bond motifs is 1. The molecule has 0 aliphatic carbocycles. The van der Waals surface area contributed by atoms with Crippen molar-refractivity contribution in [2.24, 2.45) is 0 Å². The topological polar surface area (TPSA) is 103 Å². The molecule has 8 nitrogen and oxygen atoms in total. The number of rotatable bonds is 4. The van der Waals surface area contributed by atoms with Crippen LogP contribution < -0.4 is 10.2 Å². The molecule has 8 heteroatoms. The Morgan fingerprint density at radius 2 is 1.70 bits per heavy atom. The zero-order valence-corrected chi connectivity index (χ0v) is 21.1. The van der Waals surface area contributed by atoms with Crippen molar-refractivity contribution in [2.45, 2.75) is 45.2 Å². The van der Waals surface area contributed by atoms with Crippen LogP contribution >= 0.6 is 0 Å². The predicted octanol–water partition coefficient (Wildman–Crippen LogP) is 4.98. The van der Waals surface area contributed by atoms with E-state index in [9.17, 15) is 9.59 Å². The summed E-state index contributed by atoms with van der Waals surface area (Å²) in [4.78, 5) is 41.8. The number of nitrogens with one attached hydrogen (secondary N) is 1. The lowest BCUT2D eigenvalue weighted by Crippen LogP contribution is -2.43. The largest absolute Gasteiger partial charge is 0.483 e. The summed E-state index contributed by atoms with van der Waals surface area (Å²) in [5.74, 6) is 0.972. The Morgan fingerprint density at radius 3 is 2.32 bits per heavy atom. The van der Waals surface area contributed by atoms with Crippen LogP contribution in [0.3, 0.4) is 0 Å². The Hall–Kier alpha value is -4.20. The second kappa shape index (κ2) is 11.7. The second-order valence-corrected chi connectivity index (χ2v) is 9.34. The number of benzene rings is 2. The molecule has 0 bridgehead atoms. The summed E-state index contributed by atoms with van der Waals surface area (Å²) in [6, 6.07) is 20.1. The minimum Gasteiger partial charge on any atom is -0.483 e. The van der Waals surface area contributed by atoms with Crippen molar-refractivity contribution in [1.82, 2.24) is 9.88 Å². The Bertz CT molecular complexity index is 1240. The first kappa shape index (κ1) is 25.9. The molecule has 5 rings (SSSR count).